The first-order valence-electron chi connectivity index (χ1n) is 10.2. The first kappa shape index (κ1) is 21.4. The first-order chi connectivity index (χ1) is 15.6. The van der Waals surface area contributed by atoms with Crippen molar-refractivity contribution < 1.29 is 36.6 Å². The Morgan fingerprint density at radius 2 is 1.97 bits per heavy atom. The van der Waals surface area contributed by atoms with E-state index in [4.69, 9.17) is 15.2 Å². The Morgan fingerprint density at radius 3 is 2.73 bits per heavy atom. The van der Waals surface area contributed by atoms with Gasteiger partial charge in [0.05, 0.1) is 36.2 Å². The summed E-state index contributed by atoms with van der Waals surface area (Å²) in [6.45, 7) is 0.543. The summed E-state index contributed by atoms with van der Waals surface area (Å²) in [5.41, 5.74) is 5.98. The number of hydrogen-bond donors (Lipinski definition) is 2. The highest BCUT2D eigenvalue weighted by Gasteiger charge is 2.47. The highest BCUT2D eigenvalue weighted by Crippen LogP contribution is 2.48. The maximum absolute atomic E-state index is 14.8. The molecule has 3 aliphatic heterocycles. The van der Waals surface area contributed by atoms with E-state index in [0.717, 1.165) is 11.0 Å². The second-order valence-electron chi connectivity index (χ2n) is 8.07. The maximum Gasteiger partial charge on any atom is 0.416 e. The van der Waals surface area contributed by atoms with E-state index in [0.29, 0.717) is 30.0 Å². The minimum absolute atomic E-state index is 0.123. The Balaban J connectivity index is 1.42. The van der Waals surface area contributed by atoms with Gasteiger partial charge in [-0.3, -0.25) is 9.59 Å². The number of anilines is 2. The van der Waals surface area contributed by atoms with Crippen LogP contribution < -0.4 is 15.8 Å². The zero-order chi connectivity index (χ0) is 23.5. The molecule has 0 unspecified atom stereocenters. The molecular formula is C21H18F4N4O4. The van der Waals surface area contributed by atoms with Gasteiger partial charge in [0.1, 0.15) is 29.5 Å². The third-order valence-electron chi connectivity index (χ3n) is 6.10. The maximum atomic E-state index is 14.8. The summed E-state index contributed by atoms with van der Waals surface area (Å²) in [6.07, 6.45) is -3.34. The first-order valence-corrected chi connectivity index (χ1v) is 10.2. The molecule has 2 atom stereocenters. The lowest BCUT2D eigenvalue weighted by molar-refractivity contribution is -0.147. The minimum atomic E-state index is -4.75. The van der Waals surface area contributed by atoms with Gasteiger partial charge in [-0.2, -0.15) is 13.2 Å². The topological polar surface area (TPSA) is 107 Å². The molecule has 1 fully saturated rings. The molecule has 4 heterocycles. The Kier molecular flexibility index (Phi) is 4.92. The van der Waals surface area contributed by atoms with Crippen molar-refractivity contribution in [2.75, 3.05) is 17.6 Å². The number of rotatable bonds is 1. The van der Waals surface area contributed by atoms with Crippen LogP contribution in [0, 0.1) is 5.82 Å². The summed E-state index contributed by atoms with van der Waals surface area (Å²) in [4.78, 5) is 31.0. The van der Waals surface area contributed by atoms with Crippen LogP contribution in [-0.2, 0) is 33.7 Å². The second-order valence-corrected chi connectivity index (χ2v) is 8.07. The molecule has 5 rings (SSSR count). The van der Waals surface area contributed by atoms with Crippen molar-refractivity contribution in [1.82, 2.24) is 9.88 Å². The Labute approximate surface area is 184 Å². The lowest BCUT2D eigenvalue weighted by atomic mass is 9.93. The van der Waals surface area contributed by atoms with E-state index in [1.807, 2.05) is 0 Å². The molecule has 33 heavy (non-hydrogen) atoms. The number of amides is 2. The summed E-state index contributed by atoms with van der Waals surface area (Å²) in [6, 6.07) is 0.0986. The molecule has 0 bridgehead atoms. The number of aromatic nitrogens is 1. The number of carbonyl (C=O) groups excluding carboxylic acids is 2. The molecule has 8 nitrogen and oxygen atoms in total. The van der Waals surface area contributed by atoms with Gasteiger partial charge in [0, 0.05) is 17.7 Å². The summed E-state index contributed by atoms with van der Waals surface area (Å²) in [5, 5.41) is 2.50. The minimum Gasteiger partial charge on any atom is -0.487 e. The van der Waals surface area contributed by atoms with Gasteiger partial charge >= 0.3 is 18.0 Å². The van der Waals surface area contributed by atoms with E-state index in [9.17, 15) is 27.2 Å². The number of carbonyl (C=O) groups is 2. The third kappa shape index (κ3) is 3.54. The lowest BCUT2D eigenvalue weighted by Crippen LogP contribution is -2.48. The number of nitrogen functional groups attached to an aromatic ring is 1. The van der Waals surface area contributed by atoms with Gasteiger partial charge in [-0.05, 0) is 25.0 Å². The number of benzene rings is 1. The monoisotopic (exact) mass is 466 g/mol. The largest absolute Gasteiger partial charge is 0.487 e. The Bertz CT molecular complexity index is 1170. The van der Waals surface area contributed by atoms with Crippen molar-refractivity contribution >= 4 is 23.3 Å². The average Bonchev–Trinajstić information content (AvgIpc) is 3.40. The van der Waals surface area contributed by atoms with E-state index in [-0.39, 0.29) is 42.6 Å². The number of ether oxygens (including phenoxy) is 2. The zero-order valence-electron chi connectivity index (χ0n) is 17.0. The summed E-state index contributed by atoms with van der Waals surface area (Å²) in [5.74, 6) is -3.08. The van der Waals surface area contributed by atoms with Crippen LogP contribution in [0.5, 0.6) is 5.75 Å². The quantitative estimate of drug-likeness (QED) is 0.495. The van der Waals surface area contributed by atoms with Gasteiger partial charge in [0.25, 0.3) is 0 Å². The molecule has 0 saturated carbocycles. The number of hydrogen-bond acceptors (Lipinski definition) is 6. The van der Waals surface area contributed by atoms with E-state index < -0.39 is 41.5 Å². The molecule has 0 radical (unpaired) electrons. The van der Waals surface area contributed by atoms with Crippen molar-refractivity contribution in [2.24, 2.45) is 0 Å². The average molecular weight is 466 g/mol. The molecule has 174 valence electrons. The van der Waals surface area contributed by atoms with E-state index in [1.54, 1.807) is 0 Å². The van der Waals surface area contributed by atoms with Gasteiger partial charge in [0.15, 0.2) is 0 Å². The molecular weight excluding hydrogens is 448 g/mol. The van der Waals surface area contributed by atoms with Crippen molar-refractivity contribution in [3.63, 3.8) is 0 Å². The van der Waals surface area contributed by atoms with Crippen LogP contribution in [0.2, 0.25) is 0 Å². The van der Waals surface area contributed by atoms with E-state index >= 15 is 0 Å². The number of likely N-dealkylation sites (tertiary alicyclic amines) is 1. The number of fused-ring (bicyclic) bond motifs is 4. The van der Waals surface area contributed by atoms with Gasteiger partial charge in [-0.1, -0.05) is 0 Å². The van der Waals surface area contributed by atoms with Crippen molar-refractivity contribution in [2.45, 2.75) is 44.4 Å². The number of pyridine rings is 1. The molecule has 3 N–H and O–H groups in total. The predicted molar refractivity (Wildman–Crippen MR) is 105 cm³/mol. The number of nitrogens with two attached hydrogens (primary N) is 1. The van der Waals surface area contributed by atoms with Gasteiger partial charge < -0.3 is 25.4 Å². The van der Waals surface area contributed by atoms with Crippen molar-refractivity contribution in [3.8, 4) is 5.75 Å². The predicted octanol–water partition coefficient (Wildman–Crippen LogP) is 2.92. The molecule has 2 amide bonds. The molecule has 1 aromatic heterocycles. The fraction of sp³-hybridized carbons (Fsp3) is 0.381. The Hall–Kier alpha value is -3.41. The molecule has 12 heteroatoms. The van der Waals surface area contributed by atoms with E-state index in [1.165, 1.54) is 6.20 Å². The number of nitrogens with one attached hydrogen (secondary N) is 1. The molecule has 3 aliphatic rings. The van der Waals surface area contributed by atoms with E-state index in [2.05, 4.69) is 10.3 Å². The highest BCUT2D eigenvalue weighted by molar-refractivity contribution is 6.39. The number of halogens is 4. The molecule has 2 aromatic rings. The van der Waals surface area contributed by atoms with Gasteiger partial charge in [-0.15, -0.1) is 0 Å². The van der Waals surface area contributed by atoms with Gasteiger partial charge in [-0.25, -0.2) is 9.37 Å². The number of nitrogens with zero attached hydrogens (tertiary/aromatic N) is 2. The normalized spacial score (nSPS) is 21.2. The molecule has 0 aliphatic carbocycles. The summed E-state index contributed by atoms with van der Waals surface area (Å²) >= 11 is 0. The van der Waals surface area contributed by atoms with Crippen LogP contribution in [0.1, 0.15) is 41.1 Å². The molecule has 1 aromatic carbocycles. The smallest absolute Gasteiger partial charge is 0.416 e. The fourth-order valence-electron chi connectivity index (χ4n) is 4.56. The van der Waals surface area contributed by atoms with Crippen molar-refractivity contribution in [1.29, 1.82) is 0 Å². The van der Waals surface area contributed by atoms with Crippen LogP contribution in [0.4, 0.5) is 29.1 Å². The standard InChI is InChI=1S/C21H18F4N4O4/c22-12-4-9(21(23,24)25)5-15-16(12)17-14(33-15)2-1-3-29(17)20(31)19(30)28-13-6-27-18(26)11-8-32-7-10(11)13/h4-6,14,17H,1-3,7-8H2,(H2,26,27)(H,28,30)/t14-,17+/m0/s1. The second kappa shape index (κ2) is 7.58. The SMILES string of the molecule is Nc1ncc(NC(=O)C(=O)N2CCC[C@@H]3Oc4cc(C(F)(F)F)cc(F)c4[C@@H]32)c2c1COC2. The summed E-state index contributed by atoms with van der Waals surface area (Å²) < 4.78 is 64.9. The lowest BCUT2D eigenvalue weighted by Gasteiger charge is -2.36. The number of alkyl halides is 3. The number of piperidine rings is 1. The van der Waals surface area contributed by atoms with Crippen LogP contribution in [0.3, 0.4) is 0 Å². The van der Waals surface area contributed by atoms with Gasteiger partial charge in [0.2, 0.25) is 0 Å². The fourth-order valence-corrected chi connectivity index (χ4v) is 4.56. The van der Waals surface area contributed by atoms with Crippen LogP contribution in [-0.4, -0.2) is 34.3 Å². The van der Waals surface area contributed by atoms with Crippen LogP contribution in [0.15, 0.2) is 18.3 Å². The highest BCUT2D eigenvalue weighted by atomic mass is 19.4. The molecule has 1 saturated heterocycles. The van der Waals surface area contributed by atoms with Crippen LogP contribution in [0.25, 0.3) is 0 Å². The Morgan fingerprint density at radius 1 is 1.21 bits per heavy atom. The van der Waals surface area contributed by atoms with Crippen molar-refractivity contribution in [3.05, 3.63) is 46.4 Å². The van der Waals surface area contributed by atoms with Crippen LogP contribution >= 0.6 is 0 Å². The third-order valence-corrected chi connectivity index (χ3v) is 6.10. The molecule has 0 spiro atoms. The summed E-state index contributed by atoms with van der Waals surface area (Å²) in [7, 11) is 0. The zero-order valence-corrected chi connectivity index (χ0v) is 17.0.